The topological polar surface area (TPSA) is 70.7 Å². The number of nitrogens with one attached hydrogen (secondary N) is 1. The Morgan fingerprint density at radius 2 is 2.14 bits per heavy atom. The normalized spacial score (nSPS) is 27.0. The van der Waals surface area contributed by atoms with Crippen LogP contribution in [0.15, 0.2) is 6.33 Å². The molecule has 0 aromatic carbocycles. The summed E-state index contributed by atoms with van der Waals surface area (Å²) in [5.41, 5.74) is 1.99. The number of hydrogen-bond donors (Lipinski definition) is 1. The summed E-state index contributed by atoms with van der Waals surface area (Å²) in [6, 6.07) is 0. The Morgan fingerprint density at radius 1 is 1.36 bits per heavy atom. The minimum absolute atomic E-state index is 0.00336. The second kappa shape index (κ2) is 7.76. The van der Waals surface area contributed by atoms with Crippen LogP contribution in [0, 0.1) is 5.92 Å². The Labute approximate surface area is 167 Å². The van der Waals surface area contributed by atoms with Gasteiger partial charge in [0.2, 0.25) is 5.91 Å². The number of rotatable bonds is 4. The molecule has 1 spiro atoms. The van der Waals surface area contributed by atoms with Gasteiger partial charge in [0.25, 0.3) is 0 Å². The first-order chi connectivity index (χ1) is 13.4. The van der Waals surface area contributed by atoms with Crippen molar-refractivity contribution in [3.05, 3.63) is 17.7 Å². The molecule has 156 valence electrons. The van der Waals surface area contributed by atoms with Crippen LogP contribution in [-0.4, -0.2) is 77.8 Å². The summed E-state index contributed by atoms with van der Waals surface area (Å²) < 4.78 is 11.0. The minimum Gasteiger partial charge on any atom is -0.376 e. The lowest BCUT2D eigenvalue weighted by Gasteiger charge is -2.51. The largest absolute Gasteiger partial charge is 0.376 e. The molecule has 0 radical (unpaired) electrons. The molecular weight excluding hydrogens is 356 g/mol. The highest BCUT2D eigenvalue weighted by Gasteiger charge is 2.48. The Morgan fingerprint density at radius 3 is 2.86 bits per heavy atom. The summed E-state index contributed by atoms with van der Waals surface area (Å²) in [5, 5.41) is 0. The van der Waals surface area contributed by atoms with E-state index in [0.717, 1.165) is 70.6 Å². The summed E-state index contributed by atoms with van der Waals surface area (Å²) in [6.45, 7) is 9.28. The van der Waals surface area contributed by atoms with Crippen molar-refractivity contribution in [2.45, 2.75) is 57.1 Å². The van der Waals surface area contributed by atoms with Crippen molar-refractivity contribution in [1.29, 1.82) is 0 Å². The zero-order valence-electron chi connectivity index (χ0n) is 17.5. The first-order valence-corrected chi connectivity index (χ1v) is 10.6. The van der Waals surface area contributed by atoms with E-state index in [2.05, 4.69) is 33.6 Å². The van der Waals surface area contributed by atoms with Crippen molar-refractivity contribution in [2.24, 2.45) is 5.92 Å². The second-order valence-corrected chi connectivity index (χ2v) is 9.26. The van der Waals surface area contributed by atoms with Gasteiger partial charge in [0.1, 0.15) is 6.61 Å². The number of amides is 1. The number of methoxy groups -OCH3 is 1. The van der Waals surface area contributed by atoms with E-state index in [1.54, 1.807) is 13.4 Å². The number of carbonyl (C=O) groups is 1. The van der Waals surface area contributed by atoms with Gasteiger partial charge in [-0.15, -0.1) is 0 Å². The first kappa shape index (κ1) is 19.9. The predicted octanol–water partition coefficient (Wildman–Crippen LogP) is 1.94. The Hall–Kier alpha value is -1.44. The van der Waals surface area contributed by atoms with Crippen LogP contribution in [-0.2, 0) is 26.2 Å². The third-order valence-corrected chi connectivity index (χ3v) is 6.83. The number of aromatic amines is 1. The molecule has 4 heterocycles. The zero-order chi connectivity index (χ0) is 19.8. The fourth-order valence-electron chi connectivity index (χ4n) is 5.53. The SMILES string of the molecule is COCC(=O)N1CCc2[nH]cnc2C12CCN(CC1CCOC(C)(C)C1)CC2. The molecule has 1 unspecified atom stereocenters. The average Bonchev–Trinajstić information content (AvgIpc) is 3.13. The van der Waals surface area contributed by atoms with E-state index in [-0.39, 0.29) is 23.7 Å². The third-order valence-electron chi connectivity index (χ3n) is 6.83. The van der Waals surface area contributed by atoms with E-state index < -0.39 is 0 Å². The molecular formula is C21H34N4O3. The zero-order valence-corrected chi connectivity index (χ0v) is 17.5. The highest BCUT2D eigenvalue weighted by Crippen LogP contribution is 2.42. The van der Waals surface area contributed by atoms with Crippen molar-refractivity contribution in [3.63, 3.8) is 0 Å². The minimum atomic E-state index is -0.283. The molecule has 1 aromatic rings. The number of nitrogens with zero attached hydrogens (tertiary/aromatic N) is 3. The van der Waals surface area contributed by atoms with E-state index in [0.29, 0.717) is 5.92 Å². The molecule has 0 saturated carbocycles. The molecule has 4 rings (SSSR count). The Kier molecular flexibility index (Phi) is 5.51. The monoisotopic (exact) mass is 390 g/mol. The van der Waals surface area contributed by atoms with Crippen molar-refractivity contribution < 1.29 is 14.3 Å². The van der Waals surface area contributed by atoms with Crippen LogP contribution >= 0.6 is 0 Å². The van der Waals surface area contributed by atoms with Crippen LogP contribution in [0.3, 0.4) is 0 Å². The molecule has 0 bridgehead atoms. The molecule has 0 aliphatic carbocycles. The quantitative estimate of drug-likeness (QED) is 0.851. The molecule has 2 fully saturated rings. The summed E-state index contributed by atoms with van der Waals surface area (Å²) in [7, 11) is 1.59. The van der Waals surface area contributed by atoms with E-state index in [4.69, 9.17) is 9.47 Å². The number of carbonyl (C=O) groups excluding carboxylic acids is 1. The van der Waals surface area contributed by atoms with Gasteiger partial charge in [0, 0.05) is 52.0 Å². The number of aromatic nitrogens is 2. The van der Waals surface area contributed by atoms with Crippen LogP contribution in [0.4, 0.5) is 0 Å². The van der Waals surface area contributed by atoms with Gasteiger partial charge in [-0.05, 0) is 45.4 Å². The average molecular weight is 391 g/mol. The number of ether oxygens (including phenoxy) is 2. The summed E-state index contributed by atoms with van der Waals surface area (Å²) >= 11 is 0. The molecule has 1 aromatic heterocycles. The highest BCUT2D eigenvalue weighted by atomic mass is 16.5. The van der Waals surface area contributed by atoms with Crippen molar-refractivity contribution >= 4 is 5.91 Å². The standard InChI is InChI=1S/C21H34N4O3/c1-20(2)12-16(5-11-28-20)13-24-9-6-21(7-10-24)19-17(22-15-23-19)4-8-25(21)18(26)14-27-3/h15-16H,4-14H2,1-3H3,(H,22,23). The maximum atomic E-state index is 12.8. The van der Waals surface area contributed by atoms with Gasteiger partial charge in [0.05, 0.1) is 23.2 Å². The molecule has 28 heavy (non-hydrogen) atoms. The van der Waals surface area contributed by atoms with Gasteiger partial charge in [-0.1, -0.05) is 0 Å². The molecule has 1 atom stereocenters. The molecule has 1 N–H and O–H groups in total. The smallest absolute Gasteiger partial charge is 0.249 e. The Balaban J connectivity index is 1.47. The van der Waals surface area contributed by atoms with Crippen LogP contribution in [0.2, 0.25) is 0 Å². The maximum Gasteiger partial charge on any atom is 0.249 e. The molecule has 2 saturated heterocycles. The number of fused-ring (bicyclic) bond motifs is 2. The van der Waals surface area contributed by atoms with Crippen molar-refractivity contribution in [3.8, 4) is 0 Å². The molecule has 7 nitrogen and oxygen atoms in total. The predicted molar refractivity (Wildman–Crippen MR) is 106 cm³/mol. The lowest BCUT2D eigenvalue weighted by molar-refractivity contribution is -0.146. The number of likely N-dealkylation sites (tertiary alicyclic amines) is 1. The van der Waals surface area contributed by atoms with E-state index in [1.807, 2.05) is 0 Å². The number of imidazole rings is 1. The fraction of sp³-hybridized carbons (Fsp3) is 0.810. The highest BCUT2D eigenvalue weighted by molar-refractivity contribution is 5.79. The number of H-pyrrole nitrogens is 1. The van der Waals surface area contributed by atoms with Crippen molar-refractivity contribution in [2.75, 3.05) is 46.5 Å². The lowest BCUT2D eigenvalue weighted by atomic mass is 9.78. The fourth-order valence-corrected chi connectivity index (χ4v) is 5.53. The van der Waals surface area contributed by atoms with Crippen LogP contribution in [0.1, 0.15) is 50.9 Å². The summed E-state index contributed by atoms with van der Waals surface area (Å²) in [4.78, 5) is 25.4. The second-order valence-electron chi connectivity index (χ2n) is 9.26. The van der Waals surface area contributed by atoms with E-state index in [9.17, 15) is 4.79 Å². The third kappa shape index (κ3) is 3.72. The van der Waals surface area contributed by atoms with Gasteiger partial charge in [-0.3, -0.25) is 4.79 Å². The Bertz CT molecular complexity index is 694. The van der Waals surface area contributed by atoms with E-state index in [1.165, 1.54) is 5.69 Å². The van der Waals surface area contributed by atoms with Gasteiger partial charge in [-0.25, -0.2) is 4.98 Å². The first-order valence-electron chi connectivity index (χ1n) is 10.6. The van der Waals surface area contributed by atoms with Gasteiger partial charge >= 0.3 is 0 Å². The molecule has 3 aliphatic rings. The molecule has 7 heteroatoms. The molecule has 3 aliphatic heterocycles. The van der Waals surface area contributed by atoms with Crippen LogP contribution < -0.4 is 0 Å². The lowest BCUT2D eigenvalue weighted by Crippen LogP contribution is -2.59. The number of hydrogen-bond acceptors (Lipinski definition) is 5. The molecule has 1 amide bonds. The van der Waals surface area contributed by atoms with Gasteiger partial charge < -0.3 is 24.3 Å². The number of piperidine rings is 1. The van der Waals surface area contributed by atoms with Gasteiger partial charge in [0.15, 0.2) is 0 Å². The summed E-state index contributed by atoms with van der Waals surface area (Å²) in [5.74, 6) is 0.770. The summed E-state index contributed by atoms with van der Waals surface area (Å²) in [6.07, 6.45) is 6.77. The van der Waals surface area contributed by atoms with Gasteiger partial charge in [-0.2, -0.15) is 0 Å². The van der Waals surface area contributed by atoms with Crippen LogP contribution in [0.5, 0.6) is 0 Å². The maximum absolute atomic E-state index is 12.8. The van der Waals surface area contributed by atoms with E-state index >= 15 is 0 Å². The van der Waals surface area contributed by atoms with Crippen molar-refractivity contribution in [1.82, 2.24) is 19.8 Å². The van der Waals surface area contributed by atoms with Crippen LogP contribution in [0.25, 0.3) is 0 Å².